The van der Waals surface area contributed by atoms with E-state index in [4.69, 9.17) is 5.73 Å². The predicted molar refractivity (Wildman–Crippen MR) is 97.8 cm³/mol. The molecule has 2 N–H and O–H groups in total. The number of para-hydroxylation sites is 1. The Morgan fingerprint density at radius 2 is 2.04 bits per heavy atom. The van der Waals surface area contributed by atoms with E-state index in [0.717, 1.165) is 6.42 Å². The fourth-order valence-electron chi connectivity index (χ4n) is 3.20. The summed E-state index contributed by atoms with van der Waals surface area (Å²) in [6, 6.07) is 6.49. The monoisotopic (exact) mass is 366 g/mol. The number of likely N-dealkylation sites (tertiary alicyclic amines) is 1. The molecular formula is C18H24ClFN4O. The molecule has 2 heterocycles. The van der Waals surface area contributed by atoms with Crippen molar-refractivity contribution in [3.63, 3.8) is 0 Å². The number of nitrogens with two attached hydrogens (primary N) is 1. The highest BCUT2D eigenvalue weighted by atomic mass is 35.5. The van der Waals surface area contributed by atoms with Crippen LogP contribution in [0, 0.1) is 18.2 Å². The summed E-state index contributed by atoms with van der Waals surface area (Å²) in [6.07, 6.45) is 2.30. The fraction of sp³-hybridized carbons (Fsp3) is 0.444. The highest BCUT2D eigenvalue weighted by Gasteiger charge is 2.36. The molecule has 0 saturated carbocycles. The summed E-state index contributed by atoms with van der Waals surface area (Å²) in [5.41, 5.74) is 7.51. The van der Waals surface area contributed by atoms with Gasteiger partial charge in [0.25, 0.3) is 5.91 Å². The number of rotatable bonds is 2. The van der Waals surface area contributed by atoms with Crippen LogP contribution in [0.4, 0.5) is 4.39 Å². The van der Waals surface area contributed by atoms with Crippen LogP contribution < -0.4 is 5.73 Å². The van der Waals surface area contributed by atoms with E-state index < -0.39 is 0 Å². The van der Waals surface area contributed by atoms with Crippen LogP contribution in [0.15, 0.2) is 30.5 Å². The van der Waals surface area contributed by atoms with Crippen molar-refractivity contribution in [3.05, 3.63) is 47.5 Å². The van der Waals surface area contributed by atoms with Crippen LogP contribution in [-0.4, -0.2) is 39.7 Å². The zero-order valence-electron chi connectivity index (χ0n) is 14.7. The Hall–Kier alpha value is -1.92. The largest absolute Gasteiger partial charge is 0.338 e. The molecule has 0 aliphatic carbocycles. The van der Waals surface area contributed by atoms with E-state index in [2.05, 4.69) is 18.9 Å². The van der Waals surface area contributed by atoms with Gasteiger partial charge in [-0.05, 0) is 30.9 Å². The third-order valence-electron chi connectivity index (χ3n) is 4.92. The van der Waals surface area contributed by atoms with Crippen LogP contribution in [-0.2, 0) is 0 Å². The minimum Gasteiger partial charge on any atom is -0.338 e. The molecule has 2 aromatic rings. The van der Waals surface area contributed by atoms with Crippen molar-refractivity contribution < 1.29 is 9.18 Å². The first-order valence-electron chi connectivity index (χ1n) is 8.15. The van der Waals surface area contributed by atoms with E-state index >= 15 is 0 Å². The van der Waals surface area contributed by atoms with E-state index in [1.54, 1.807) is 25.1 Å². The van der Waals surface area contributed by atoms with Crippen molar-refractivity contribution in [2.75, 3.05) is 13.1 Å². The summed E-state index contributed by atoms with van der Waals surface area (Å²) >= 11 is 0. The van der Waals surface area contributed by atoms with Gasteiger partial charge in [-0.2, -0.15) is 5.10 Å². The third-order valence-corrected chi connectivity index (χ3v) is 4.92. The fourth-order valence-corrected chi connectivity index (χ4v) is 3.20. The maximum atomic E-state index is 14.0. The van der Waals surface area contributed by atoms with Crippen LogP contribution >= 0.6 is 12.4 Å². The van der Waals surface area contributed by atoms with E-state index in [0.29, 0.717) is 30.0 Å². The van der Waals surface area contributed by atoms with E-state index in [1.807, 2.05) is 4.90 Å². The van der Waals surface area contributed by atoms with Crippen molar-refractivity contribution in [2.45, 2.75) is 33.2 Å². The molecule has 3 rings (SSSR count). The minimum absolute atomic E-state index is 0. The number of hydrogen-bond donors (Lipinski definition) is 1. The molecule has 1 atom stereocenters. The molecule has 136 valence electrons. The van der Waals surface area contributed by atoms with E-state index in [1.165, 1.54) is 16.9 Å². The number of halogens is 2. The van der Waals surface area contributed by atoms with Crippen molar-refractivity contribution in [2.24, 2.45) is 11.1 Å². The molecule has 1 saturated heterocycles. The van der Waals surface area contributed by atoms with Crippen molar-refractivity contribution in [3.8, 4) is 5.69 Å². The summed E-state index contributed by atoms with van der Waals surface area (Å²) in [4.78, 5) is 14.7. The number of amides is 1. The standard InChI is InChI=1S/C18H23FN4O.ClH/c1-12-13(10-21-23(12)15-7-5-4-6-14(15)19)17(24)22-9-8-16(20)18(2,3)11-22;/h4-7,10,16H,8-9,11,20H2,1-3H3;1H. The van der Waals surface area contributed by atoms with Crippen LogP contribution in [0.2, 0.25) is 0 Å². The summed E-state index contributed by atoms with van der Waals surface area (Å²) < 4.78 is 15.5. The topological polar surface area (TPSA) is 64.2 Å². The van der Waals surface area contributed by atoms with Crippen molar-refractivity contribution in [1.29, 1.82) is 0 Å². The Labute approximate surface area is 153 Å². The number of aromatic nitrogens is 2. The lowest BCUT2D eigenvalue weighted by atomic mass is 9.79. The van der Waals surface area contributed by atoms with Gasteiger partial charge in [-0.25, -0.2) is 9.07 Å². The second-order valence-corrected chi connectivity index (χ2v) is 7.12. The van der Waals surface area contributed by atoms with Gasteiger partial charge in [-0.3, -0.25) is 4.79 Å². The first kappa shape index (κ1) is 19.4. The van der Waals surface area contributed by atoms with Gasteiger partial charge < -0.3 is 10.6 Å². The van der Waals surface area contributed by atoms with Crippen LogP contribution in [0.5, 0.6) is 0 Å². The van der Waals surface area contributed by atoms with Gasteiger partial charge >= 0.3 is 0 Å². The van der Waals surface area contributed by atoms with Gasteiger partial charge in [0.1, 0.15) is 11.5 Å². The minimum atomic E-state index is -0.368. The molecule has 25 heavy (non-hydrogen) atoms. The molecule has 5 nitrogen and oxygen atoms in total. The Morgan fingerprint density at radius 1 is 1.36 bits per heavy atom. The summed E-state index contributed by atoms with van der Waals surface area (Å²) in [5.74, 6) is -0.442. The number of carbonyl (C=O) groups is 1. The zero-order chi connectivity index (χ0) is 17.5. The third kappa shape index (κ3) is 3.55. The van der Waals surface area contributed by atoms with Crippen LogP contribution in [0.25, 0.3) is 5.69 Å². The predicted octanol–water partition coefficient (Wildman–Crippen LogP) is 2.94. The summed E-state index contributed by atoms with van der Waals surface area (Å²) in [6.45, 7) is 7.18. The Kier molecular flexibility index (Phi) is 5.54. The highest BCUT2D eigenvalue weighted by molar-refractivity contribution is 5.95. The Bertz CT molecular complexity index is 774. The van der Waals surface area contributed by atoms with Gasteiger partial charge in [-0.15, -0.1) is 12.4 Å². The molecular weight excluding hydrogens is 343 g/mol. The summed E-state index contributed by atoms with van der Waals surface area (Å²) in [7, 11) is 0. The van der Waals surface area contributed by atoms with Gasteiger partial charge in [0.05, 0.1) is 17.5 Å². The number of hydrogen-bond acceptors (Lipinski definition) is 3. The van der Waals surface area contributed by atoms with Crippen molar-refractivity contribution >= 4 is 18.3 Å². The first-order chi connectivity index (χ1) is 11.3. The quantitative estimate of drug-likeness (QED) is 0.888. The number of benzene rings is 1. The van der Waals surface area contributed by atoms with E-state index in [-0.39, 0.29) is 35.6 Å². The van der Waals surface area contributed by atoms with Gasteiger partial charge in [0.2, 0.25) is 0 Å². The number of nitrogens with zero attached hydrogens (tertiary/aromatic N) is 3. The lowest BCUT2D eigenvalue weighted by Gasteiger charge is -2.42. The average molecular weight is 367 g/mol. The Balaban J connectivity index is 0.00000225. The van der Waals surface area contributed by atoms with Gasteiger partial charge in [0.15, 0.2) is 0 Å². The van der Waals surface area contributed by atoms with E-state index in [9.17, 15) is 9.18 Å². The highest BCUT2D eigenvalue weighted by Crippen LogP contribution is 2.29. The molecule has 7 heteroatoms. The lowest BCUT2D eigenvalue weighted by Crippen LogP contribution is -2.54. The maximum absolute atomic E-state index is 14.0. The molecule has 1 amide bonds. The molecule has 1 aliphatic heterocycles. The number of piperidine rings is 1. The second kappa shape index (κ2) is 7.14. The van der Waals surface area contributed by atoms with Crippen molar-refractivity contribution in [1.82, 2.24) is 14.7 Å². The lowest BCUT2D eigenvalue weighted by molar-refractivity contribution is 0.0532. The molecule has 0 bridgehead atoms. The number of carbonyl (C=O) groups excluding carboxylic acids is 1. The molecule has 0 spiro atoms. The SMILES string of the molecule is Cc1c(C(=O)N2CCC(N)C(C)(C)C2)cnn1-c1ccccc1F.Cl. The van der Waals surface area contributed by atoms with Gasteiger partial charge in [-0.1, -0.05) is 26.0 Å². The molecule has 1 fully saturated rings. The molecule has 0 radical (unpaired) electrons. The molecule has 1 aromatic heterocycles. The van der Waals surface area contributed by atoms with Crippen LogP contribution in [0.1, 0.15) is 36.3 Å². The van der Waals surface area contributed by atoms with Gasteiger partial charge in [0, 0.05) is 19.1 Å². The second-order valence-electron chi connectivity index (χ2n) is 7.12. The molecule has 1 aliphatic rings. The molecule has 1 aromatic carbocycles. The maximum Gasteiger partial charge on any atom is 0.257 e. The smallest absolute Gasteiger partial charge is 0.257 e. The Morgan fingerprint density at radius 3 is 2.68 bits per heavy atom. The average Bonchev–Trinajstić information content (AvgIpc) is 2.91. The van der Waals surface area contributed by atoms with Crippen LogP contribution in [0.3, 0.4) is 0 Å². The first-order valence-corrected chi connectivity index (χ1v) is 8.15. The zero-order valence-corrected chi connectivity index (χ0v) is 15.5. The molecule has 1 unspecified atom stereocenters. The normalized spacial score (nSPS) is 19.4. The summed E-state index contributed by atoms with van der Waals surface area (Å²) in [5, 5.41) is 4.22.